The minimum absolute atomic E-state index is 0.0908. The van der Waals surface area contributed by atoms with Gasteiger partial charge in [-0.15, -0.1) is 0 Å². The quantitative estimate of drug-likeness (QED) is 0.377. The lowest BCUT2D eigenvalue weighted by Gasteiger charge is -2.03. The summed E-state index contributed by atoms with van der Waals surface area (Å²) in [6.45, 7) is 4.17. The third-order valence-corrected chi connectivity index (χ3v) is 2.55. The Labute approximate surface area is 125 Å². The molecule has 1 N–H and O–H groups in total. The minimum atomic E-state index is -0.388. The summed E-state index contributed by atoms with van der Waals surface area (Å²) in [6.07, 6.45) is 8.30. The van der Waals surface area contributed by atoms with Crippen molar-refractivity contribution in [2.24, 2.45) is 0 Å². The number of ether oxygens (including phenoxy) is 2. The highest BCUT2D eigenvalue weighted by Crippen LogP contribution is 2.26. The predicted molar refractivity (Wildman–Crippen MR) is 83.2 cm³/mol. The number of benzene rings is 1. The molecule has 112 valence electrons. The highest BCUT2D eigenvalue weighted by molar-refractivity contribution is 5.82. The normalized spacial score (nSPS) is 10.8. The van der Waals surface area contributed by atoms with Crippen molar-refractivity contribution < 1.29 is 19.4 Å². The summed E-state index contributed by atoms with van der Waals surface area (Å²) in [4.78, 5) is 11.4. The maximum atomic E-state index is 11.4. The zero-order valence-corrected chi connectivity index (χ0v) is 12.5. The lowest BCUT2D eigenvalue weighted by molar-refractivity contribution is -0.136. The Morgan fingerprint density at radius 3 is 2.71 bits per heavy atom. The molecule has 0 aliphatic heterocycles. The SMILES string of the molecule is COc1cc(C=CC=CC(=O)OCC=C(C)C)ccc1O. The van der Waals surface area contributed by atoms with Crippen LogP contribution < -0.4 is 4.74 Å². The average Bonchev–Trinajstić information content (AvgIpc) is 2.44. The molecule has 0 saturated carbocycles. The second-order valence-electron chi connectivity index (χ2n) is 4.56. The van der Waals surface area contributed by atoms with Gasteiger partial charge >= 0.3 is 5.97 Å². The molecule has 0 heterocycles. The van der Waals surface area contributed by atoms with Crippen LogP contribution in [0.25, 0.3) is 6.08 Å². The van der Waals surface area contributed by atoms with Gasteiger partial charge in [0.1, 0.15) is 6.61 Å². The molecule has 0 amide bonds. The molecule has 1 aromatic rings. The summed E-state index contributed by atoms with van der Waals surface area (Å²) < 4.78 is 9.98. The summed E-state index contributed by atoms with van der Waals surface area (Å²) >= 11 is 0. The molecule has 0 atom stereocenters. The van der Waals surface area contributed by atoms with Crippen molar-refractivity contribution in [2.75, 3.05) is 13.7 Å². The highest BCUT2D eigenvalue weighted by Gasteiger charge is 1.99. The van der Waals surface area contributed by atoms with E-state index in [4.69, 9.17) is 9.47 Å². The smallest absolute Gasteiger partial charge is 0.331 e. The van der Waals surface area contributed by atoms with Gasteiger partial charge in [-0.1, -0.05) is 29.9 Å². The van der Waals surface area contributed by atoms with Crippen LogP contribution in [-0.2, 0) is 9.53 Å². The number of phenols is 1. The number of carbonyl (C=O) groups excluding carboxylic acids is 1. The number of aromatic hydroxyl groups is 1. The van der Waals surface area contributed by atoms with Crippen LogP contribution in [0.3, 0.4) is 0 Å². The van der Waals surface area contributed by atoms with Crippen LogP contribution in [0.15, 0.2) is 48.1 Å². The molecular weight excluding hydrogens is 268 g/mol. The van der Waals surface area contributed by atoms with E-state index in [0.717, 1.165) is 11.1 Å². The van der Waals surface area contributed by atoms with E-state index in [2.05, 4.69) is 0 Å². The summed E-state index contributed by atoms with van der Waals surface area (Å²) in [5.74, 6) is 0.107. The number of esters is 1. The molecule has 1 aromatic carbocycles. The summed E-state index contributed by atoms with van der Waals surface area (Å²) in [6, 6.07) is 5.00. The fraction of sp³-hybridized carbons (Fsp3) is 0.235. The van der Waals surface area contributed by atoms with Crippen LogP contribution in [0.2, 0.25) is 0 Å². The largest absolute Gasteiger partial charge is 0.504 e. The van der Waals surface area contributed by atoms with Crippen LogP contribution in [-0.4, -0.2) is 24.8 Å². The van der Waals surface area contributed by atoms with Crippen molar-refractivity contribution in [3.05, 3.63) is 53.6 Å². The van der Waals surface area contributed by atoms with Gasteiger partial charge in [0.25, 0.3) is 0 Å². The van der Waals surface area contributed by atoms with Crippen LogP contribution >= 0.6 is 0 Å². The van der Waals surface area contributed by atoms with Gasteiger partial charge in [0.15, 0.2) is 11.5 Å². The van der Waals surface area contributed by atoms with Gasteiger partial charge in [-0.2, -0.15) is 0 Å². The van der Waals surface area contributed by atoms with E-state index in [1.54, 1.807) is 36.4 Å². The van der Waals surface area contributed by atoms with Crippen LogP contribution in [0.1, 0.15) is 19.4 Å². The maximum absolute atomic E-state index is 11.4. The van der Waals surface area contributed by atoms with Crippen LogP contribution in [0.5, 0.6) is 11.5 Å². The van der Waals surface area contributed by atoms with Crippen molar-refractivity contribution in [3.8, 4) is 11.5 Å². The predicted octanol–water partition coefficient (Wildman–Crippen LogP) is 3.48. The second kappa shape index (κ2) is 8.64. The first-order chi connectivity index (χ1) is 10.0. The van der Waals surface area contributed by atoms with Gasteiger partial charge in [-0.25, -0.2) is 4.79 Å². The lowest BCUT2D eigenvalue weighted by Crippen LogP contribution is -2.00. The zero-order chi connectivity index (χ0) is 15.7. The molecule has 0 aromatic heterocycles. The van der Waals surface area contributed by atoms with Gasteiger partial charge in [0, 0.05) is 6.08 Å². The van der Waals surface area contributed by atoms with Crippen molar-refractivity contribution in [1.82, 2.24) is 0 Å². The van der Waals surface area contributed by atoms with E-state index in [1.165, 1.54) is 13.2 Å². The Bertz CT molecular complexity index is 564. The molecule has 0 radical (unpaired) electrons. The zero-order valence-electron chi connectivity index (χ0n) is 12.5. The molecule has 0 saturated heterocycles. The molecule has 0 spiro atoms. The molecule has 0 aliphatic carbocycles. The maximum Gasteiger partial charge on any atom is 0.331 e. The van der Waals surface area contributed by atoms with Crippen molar-refractivity contribution >= 4 is 12.0 Å². The van der Waals surface area contributed by atoms with Crippen molar-refractivity contribution in [1.29, 1.82) is 0 Å². The number of carbonyl (C=O) groups is 1. The Hall–Kier alpha value is -2.49. The number of methoxy groups -OCH3 is 1. The standard InChI is InChI=1S/C17H20O4/c1-13(2)10-11-21-17(19)7-5-4-6-14-8-9-15(18)16(12-14)20-3/h4-10,12,18H,11H2,1-3H3. The number of allylic oxidation sites excluding steroid dienone is 3. The molecule has 1 rings (SSSR count). The topological polar surface area (TPSA) is 55.8 Å². The number of rotatable bonds is 6. The summed E-state index contributed by atoms with van der Waals surface area (Å²) in [7, 11) is 1.49. The minimum Gasteiger partial charge on any atom is -0.504 e. The third kappa shape index (κ3) is 6.47. The fourth-order valence-corrected chi connectivity index (χ4v) is 1.44. The van der Waals surface area contributed by atoms with Gasteiger partial charge in [0.2, 0.25) is 0 Å². The Morgan fingerprint density at radius 1 is 1.29 bits per heavy atom. The van der Waals surface area contributed by atoms with E-state index < -0.39 is 0 Å². The first-order valence-electron chi connectivity index (χ1n) is 6.55. The average molecular weight is 288 g/mol. The van der Waals surface area contributed by atoms with E-state index in [1.807, 2.05) is 19.9 Å². The number of phenolic OH excluding ortho intramolecular Hbond substituents is 1. The third-order valence-electron chi connectivity index (χ3n) is 2.55. The van der Waals surface area contributed by atoms with Gasteiger partial charge in [0.05, 0.1) is 7.11 Å². The van der Waals surface area contributed by atoms with Crippen LogP contribution in [0.4, 0.5) is 0 Å². The first kappa shape index (κ1) is 16.6. The Morgan fingerprint density at radius 2 is 2.05 bits per heavy atom. The molecular formula is C17H20O4. The van der Waals surface area contributed by atoms with Crippen molar-refractivity contribution in [2.45, 2.75) is 13.8 Å². The monoisotopic (exact) mass is 288 g/mol. The molecule has 21 heavy (non-hydrogen) atoms. The first-order valence-corrected chi connectivity index (χ1v) is 6.55. The molecule has 0 aliphatic rings. The van der Waals surface area contributed by atoms with E-state index in [9.17, 15) is 9.90 Å². The summed E-state index contributed by atoms with van der Waals surface area (Å²) in [5.41, 5.74) is 1.96. The van der Waals surface area contributed by atoms with Gasteiger partial charge in [-0.05, 0) is 37.6 Å². The molecule has 0 fully saturated rings. The summed E-state index contributed by atoms with van der Waals surface area (Å²) in [5, 5.41) is 9.47. The highest BCUT2D eigenvalue weighted by atomic mass is 16.5. The lowest BCUT2D eigenvalue weighted by atomic mass is 10.2. The molecule has 0 unspecified atom stereocenters. The van der Waals surface area contributed by atoms with Crippen LogP contribution in [0, 0.1) is 0 Å². The van der Waals surface area contributed by atoms with E-state index in [-0.39, 0.29) is 18.3 Å². The Kier molecular flexibility index (Phi) is 6.81. The molecule has 4 heteroatoms. The fourth-order valence-electron chi connectivity index (χ4n) is 1.44. The number of hydrogen-bond donors (Lipinski definition) is 1. The second-order valence-corrected chi connectivity index (χ2v) is 4.56. The molecule has 0 bridgehead atoms. The van der Waals surface area contributed by atoms with Gasteiger partial charge in [-0.3, -0.25) is 0 Å². The number of hydrogen-bond acceptors (Lipinski definition) is 4. The van der Waals surface area contributed by atoms with E-state index >= 15 is 0 Å². The Balaban J connectivity index is 2.52. The van der Waals surface area contributed by atoms with Gasteiger partial charge < -0.3 is 14.6 Å². The van der Waals surface area contributed by atoms with E-state index in [0.29, 0.717) is 5.75 Å². The van der Waals surface area contributed by atoms with Crippen molar-refractivity contribution in [3.63, 3.8) is 0 Å². The molecule has 4 nitrogen and oxygen atoms in total.